The first-order valence-electron chi connectivity index (χ1n) is 18.9. The fourth-order valence-corrected chi connectivity index (χ4v) is 8.93. The van der Waals surface area contributed by atoms with Crippen molar-refractivity contribution in [1.29, 1.82) is 0 Å². The van der Waals surface area contributed by atoms with Crippen LogP contribution in [0.4, 0.5) is 0 Å². The zero-order valence-electron chi connectivity index (χ0n) is 34.1. The number of hydrogen-bond acceptors (Lipinski definition) is 7. The Balaban J connectivity index is 2.14. The van der Waals surface area contributed by atoms with E-state index in [1.807, 2.05) is 26.0 Å². The first-order chi connectivity index (χ1) is 22.2. The van der Waals surface area contributed by atoms with Gasteiger partial charge in [-0.15, -0.1) is 0 Å². The van der Waals surface area contributed by atoms with Crippen LogP contribution in [0.15, 0.2) is 36.0 Å². The van der Waals surface area contributed by atoms with Gasteiger partial charge in [0.1, 0.15) is 12.2 Å². The number of epoxide rings is 1. The molecule has 2 N–H and O–H groups in total. The number of hydrogen-bond donors (Lipinski definition) is 2. The number of aliphatic hydroxyl groups is 2. The fourth-order valence-electron chi connectivity index (χ4n) is 6.05. The van der Waals surface area contributed by atoms with Crippen LogP contribution >= 0.6 is 0 Å². The highest BCUT2D eigenvalue weighted by Gasteiger charge is 2.48. The quantitative estimate of drug-likeness (QED) is 0.0681. The molecule has 2 aliphatic heterocycles. The summed E-state index contributed by atoms with van der Waals surface area (Å²) in [4.78, 5) is 13.4. The Morgan fingerprint density at radius 3 is 2.22 bits per heavy atom. The molecule has 7 nitrogen and oxygen atoms in total. The minimum atomic E-state index is -2.20. The van der Waals surface area contributed by atoms with Gasteiger partial charge < -0.3 is 28.5 Å². The smallest absolute Gasteiger partial charge is 0.308 e. The van der Waals surface area contributed by atoms with Gasteiger partial charge in [0.25, 0.3) is 0 Å². The maximum absolute atomic E-state index is 13.4. The van der Waals surface area contributed by atoms with Crippen LogP contribution in [-0.4, -0.2) is 75.0 Å². The number of allylic oxidation sites excluding steroid dienone is 3. The van der Waals surface area contributed by atoms with E-state index in [1.165, 1.54) is 0 Å². The molecule has 49 heavy (non-hydrogen) atoms. The van der Waals surface area contributed by atoms with Crippen LogP contribution in [0, 0.1) is 17.8 Å². The van der Waals surface area contributed by atoms with Crippen molar-refractivity contribution in [3.63, 3.8) is 0 Å². The van der Waals surface area contributed by atoms with E-state index >= 15 is 0 Å². The molecule has 0 aromatic carbocycles. The molecule has 9 heteroatoms. The summed E-state index contributed by atoms with van der Waals surface area (Å²) < 4.78 is 25.8. The summed E-state index contributed by atoms with van der Waals surface area (Å²) in [5.74, 6) is 0.142. The van der Waals surface area contributed by atoms with Gasteiger partial charge in [0.05, 0.1) is 30.3 Å². The second kappa shape index (κ2) is 17.2. The number of esters is 1. The Labute approximate surface area is 302 Å². The largest absolute Gasteiger partial charge is 0.457 e. The number of cyclic esters (lactones) is 1. The first-order valence-corrected chi connectivity index (χ1v) is 24.7. The summed E-state index contributed by atoms with van der Waals surface area (Å²) in [6.45, 7) is 34.7. The van der Waals surface area contributed by atoms with Gasteiger partial charge in [-0.3, -0.25) is 4.79 Å². The van der Waals surface area contributed by atoms with Gasteiger partial charge in [0.15, 0.2) is 16.6 Å². The van der Waals surface area contributed by atoms with Crippen molar-refractivity contribution in [3.8, 4) is 0 Å². The van der Waals surface area contributed by atoms with Crippen LogP contribution in [0.1, 0.15) is 115 Å². The molecular formula is C40H74O7Si2. The van der Waals surface area contributed by atoms with Crippen LogP contribution < -0.4 is 0 Å². The van der Waals surface area contributed by atoms with Gasteiger partial charge in [-0.25, -0.2) is 0 Å². The lowest BCUT2D eigenvalue weighted by molar-refractivity contribution is -0.151. The lowest BCUT2D eigenvalue weighted by Crippen LogP contribution is -2.46. The van der Waals surface area contributed by atoms with E-state index in [0.717, 1.165) is 18.4 Å². The second-order valence-corrected chi connectivity index (χ2v) is 28.0. The monoisotopic (exact) mass is 722 g/mol. The maximum atomic E-state index is 13.4. The number of aliphatic hydroxyl groups excluding tert-OH is 1. The van der Waals surface area contributed by atoms with Gasteiger partial charge in [-0.05, 0) is 87.3 Å². The highest BCUT2D eigenvalue weighted by Crippen LogP contribution is 2.42. The molecule has 2 rings (SSSR count). The molecule has 0 aliphatic carbocycles. The summed E-state index contributed by atoms with van der Waals surface area (Å²) in [6.07, 6.45) is 11.2. The summed E-state index contributed by atoms with van der Waals surface area (Å²) in [6, 6.07) is 0. The molecule has 0 bridgehead atoms. The molecule has 0 amide bonds. The minimum Gasteiger partial charge on any atom is -0.457 e. The Hall–Kier alpha value is -1.08. The van der Waals surface area contributed by atoms with Crippen molar-refractivity contribution >= 4 is 22.6 Å². The average Bonchev–Trinajstić information content (AvgIpc) is 3.72. The van der Waals surface area contributed by atoms with Crippen LogP contribution in [-0.2, 0) is 23.1 Å². The highest BCUT2D eigenvalue weighted by atomic mass is 28.4. The summed E-state index contributed by atoms with van der Waals surface area (Å²) in [7, 11) is -4.06. The normalized spacial score (nSPS) is 32.5. The minimum absolute atomic E-state index is 0.0347. The number of ether oxygens (including phenoxy) is 2. The van der Waals surface area contributed by atoms with Crippen molar-refractivity contribution in [2.75, 3.05) is 0 Å². The topological polar surface area (TPSA) is 97.8 Å². The predicted molar refractivity (Wildman–Crippen MR) is 208 cm³/mol. The van der Waals surface area contributed by atoms with Crippen molar-refractivity contribution in [2.45, 2.75) is 194 Å². The standard InChI is InChI=1S/C40H74O7Si2/c1-17-32(47-49(15,16)39(9,10)11)30(5)37-33(44-37)25-27(2)19-18-20-28(3)36-29(4)21-22-34(41)40(12,43)24-23-31(26-35(42)45-36)46-48(13,14)38(6,7)8/h18-22,27,29-34,36-37,41,43H,17,23-26H2,1-16H3/b19-18+,22-21+,28-20+/t27-,29+,30-,31-,32+,33+,34+,36-,37-,40-/m1/s1. The van der Waals surface area contributed by atoms with Crippen LogP contribution in [0.2, 0.25) is 36.3 Å². The molecule has 0 aromatic rings. The van der Waals surface area contributed by atoms with Crippen LogP contribution in [0.5, 0.6) is 0 Å². The van der Waals surface area contributed by atoms with E-state index in [4.69, 9.17) is 18.3 Å². The van der Waals surface area contributed by atoms with Crippen molar-refractivity contribution < 1.29 is 33.3 Å². The average molecular weight is 723 g/mol. The van der Waals surface area contributed by atoms with E-state index in [1.54, 1.807) is 13.0 Å². The zero-order chi connectivity index (χ0) is 37.8. The molecular weight excluding hydrogens is 649 g/mol. The second-order valence-electron chi connectivity index (χ2n) is 18.5. The lowest BCUT2D eigenvalue weighted by Gasteiger charge is -2.40. The van der Waals surface area contributed by atoms with Gasteiger partial charge in [-0.1, -0.05) is 99.6 Å². The zero-order valence-corrected chi connectivity index (χ0v) is 36.1. The predicted octanol–water partition coefficient (Wildman–Crippen LogP) is 9.51. The van der Waals surface area contributed by atoms with Crippen molar-refractivity contribution in [3.05, 3.63) is 36.0 Å². The number of carbonyl (C=O) groups is 1. The van der Waals surface area contributed by atoms with Gasteiger partial charge in [-0.2, -0.15) is 0 Å². The van der Waals surface area contributed by atoms with E-state index in [2.05, 4.69) is 101 Å². The SMILES string of the molecule is CC[C@H](O[Si](C)(C)C(C)(C)C)[C@@H](C)[C@H]1O[C@H]1C[C@H](C)/C=C/C=C(\C)[C@H]1OC(=O)C[C@H](O[Si](C)(C)C(C)(C)C)CC[C@@](C)(O)[C@@H](O)/C=C/[C@@H]1C. The summed E-state index contributed by atoms with van der Waals surface area (Å²) in [5.41, 5.74) is -0.429. The van der Waals surface area contributed by atoms with Crippen molar-refractivity contribution in [2.24, 2.45) is 17.8 Å². The van der Waals surface area contributed by atoms with Crippen molar-refractivity contribution in [1.82, 2.24) is 0 Å². The van der Waals surface area contributed by atoms with Gasteiger partial charge >= 0.3 is 5.97 Å². The molecule has 2 aliphatic rings. The van der Waals surface area contributed by atoms with E-state index < -0.39 is 40.5 Å². The third-order valence-corrected chi connectivity index (χ3v) is 20.9. The van der Waals surface area contributed by atoms with E-state index in [0.29, 0.717) is 24.7 Å². The fraction of sp³-hybridized carbons (Fsp3) is 0.825. The highest BCUT2D eigenvalue weighted by molar-refractivity contribution is 6.74. The lowest BCUT2D eigenvalue weighted by atomic mass is 9.89. The van der Waals surface area contributed by atoms with E-state index in [9.17, 15) is 15.0 Å². The van der Waals surface area contributed by atoms with Gasteiger partial charge in [0, 0.05) is 17.9 Å². The Kier molecular flexibility index (Phi) is 15.4. The van der Waals surface area contributed by atoms with E-state index in [-0.39, 0.29) is 46.7 Å². The molecule has 1 fully saturated rings. The molecule has 0 aromatic heterocycles. The summed E-state index contributed by atoms with van der Waals surface area (Å²) in [5, 5.41) is 22.2. The molecule has 2 heterocycles. The molecule has 10 atom stereocenters. The molecule has 1 saturated heterocycles. The molecule has 0 spiro atoms. The molecule has 0 radical (unpaired) electrons. The molecule has 284 valence electrons. The Bertz CT molecular complexity index is 1160. The third-order valence-electron chi connectivity index (χ3n) is 11.8. The van der Waals surface area contributed by atoms with Crippen LogP contribution in [0.3, 0.4) is 0 Å². The van der Waals surface area contributed by atoms with Crippen LogP contribution in [0.25, 0.3) is 0 Å². The first kappa shape index (κ1) is 44.1. The third kappa shape index (κ3) is 12.8. The van der Waals surface area contributed by atoms with Gasteiger partial charge in [0.2, 0.25) is 0 Å². The summed E-state index contributed by atoms with van der Waals surface area (Å²) >= 11 is 0. The molecule has 0 unspecified atom stereocenters. The Morgan fingerprint density at radius 2 is 1.67 bits per heavy atom. The number of rotatable bonds is 12. The number of carbonyl (C=O) groups excluding carboxylic acids is 1. The molecule has 0 saturated carbocycles. The Morgan fingerprint density at radius 1 is 1.08 bits per heavy atom. The maximum Gasteiger partial charge on any atom is 0.308 e.